The maximum absolute atomic E-state index is 9.43. The Kier molecular flexibility index (Phi) is 4.77. The minimum atomic E-state index is -0.545. The minimum Gasteiger partial charge on any atom is -0.197 e. The highest BCUT2D eigenvalue weighted by Gasteiger charge is 2.28. The van der Waals surface area contributed by atoms with Gasteiger partial charge in [-0.15, -0.1) is 0 Å². The highest BCUT2D eigenvalue weighted by Crippen LogP contribution is 2.32. The number of hydrogen-bond donors (Lipinski definition) is 0. The normalized spacial score (nSPS) is 14.3. The van der Waals surface area contributed by atoms with Crippen LogP contribution in [0.15, 0.2) is 18.2 Å². The van der Waals surface area contributed by atoms with Gasteiger partial charge in [0.2, 0.25) is 0 Å². The van der Waals surface area contributed by atoms with Gasteiger partial charge < -0.3 is 0 Å². The molecule has 0 spiro atoms. The molecule has 0 saturated heterocycles. The number of nitriles is 2. The molecular weight excluding hydrogens is 300 g/mol. The van der Waals surface area contributed by atoms with Crippen molar-refractivity contribution in [2.75, 3.05) is 0 Å². The van der Waals surface area contributed by atoms with Crippen LogP contribution in [0.4, 0.5) is 0 Å². The summed E-state index contributed by atoms with van der Waals surface area (Å²) >= 11 is 3.46. The molecule has 3 heteroatoms. The van der Waals surface area contributed by atoms with E-state index >= 15 is 0 Å². The van der Waals surface area contributed by atoms with Crippen LogP contribution < -0.4 is 0 Å². The summed E-state index contributed by atoms with van der Waals surface area (Å²) in [5, 5.41) is 19.4. The molecule has 0 heterocycles. The van der Waals surface area contributed by atoms with E-state index < -0.39 is 10.8 Å². The van der Waals surface area contributed by atoms with Gasteiger partial charge in [-0.3, -0.25) is 0 Å². The second-order valence-corrected chi connectivity index (χ2v) is 6.15. The zero-order valence-electron chi connectivity index (χ0n) is 11.9. The zero-order chi connectivity index (χ0) is 14.7. The lowest BCUT2D eigenvalue weighted by Crippen LogP contribution is -2.21. The quantitative estimate of drug-likeness (QED) is 0.763. The molecule has 0 N–H and O–H groups in total. The summed E-state index contributed by atoms with van der Waals surface area (Å²) in [5.41, 5.74) is 2.02. The van der Waals surface area contributed by atoms with Gasteiger partial charge in [0.25, 0.3) is 0 Å². The Morgan fingerprint density at radius 3 is 2.05 bits per heavy atom. The predicted octanol–water partition coefficient (Wildman–Crippen LogP) is 4.57. The van der Waals surface area contributed by atoms with Gasteiger partial charge >= 0.3 is 0 Å². The van der Waals surface area contributed by atoms with E-state index in [1.54, 1.807) is 0 Å². The van der Waals surface area contributed by atoms with Gasteiger partial charge in [-0.2, -0.15) is 10.5 Å². The number of halogens is 1. The number of hydrogen-bond acceptors (Lipinski definition) is 2. The standard InChI is InChI=1S/C16H19BrN2/c1-5-16(4,11-19)14-7-12(9-17)6-13(8-14)15(2,3)10-18/h6-8H,5,9H2,1-4H3. The Hall–Kier alpha value is -1.32. The second-order valence-electron chi connectivity index (χ2n) is 5.59. The molecule has 0 amide bonds. The summed E-state index contributed by atoms with van der Waals surface area (Å²) in [6.45, 7) is 7.77. The van der Waals surface area contributed by atoms with Crippen molar-refractivity contribution in [2.45, 2.75) is 50.3 Å². The molecule has 1 atom stereocenters. The van der Waals surface area contributed by atoms with Crippen LogP contribution in [0.3, 0.4) is 0 Å². The monoisotopic (exact) mass is 318 g/mol. The smallest absolute Gasteiger partial charge is 0.0792 e. The Bertz CT molecular complexity index is 549. The SMILES string of the molecule is CCC(C)(C#N)c1cc(CBr)cc(C(C)(C)C#N)c1. The molecule has 0 aromatic heterocycles. The topological polar surface area (TPSA) is 47.6 Å². The van der Waals surface area contributed by atoms with Gasteiger partial charge in [0.1, 0.15) is 0 Å². The lowest BCUT2D eigenvalue weighted by molar-refractivity contribution is 0.582. The fourth-order valence-corrected chi connectivity index (χ4v) is 2.18. The molecule has 1 unspecified atom stereocenters. The van der Waals surface area contributed by atoms with Crippen LogP contribution >= 0.6 is 15.9 Å². The van der Waals surface area contributed by atoms with Crippen LogP contribution in [0.5, 0.6) is 0 Å². The van der Waals surface area contributed by atoms with E-state index in [2.05, 4.69) is 34.1 Å². The van der Waals surface area contributed by atoms with Gasteiger partial charge in [-0.25, -0.2) is 0 Å². The Balaban J connectivity index is 3.50. The lowest BCUT2D eigenvalue weighted by atomic mass is 9.77. The number of benzene rings is 1. The first kappa shape index (κ1) is 15.7. The van der Waals surface area contributed by atoms with Crippen LogP contribution in [0.1, 0.15) is 50.8 Å². The fraction of sp³-hybridized carbons (Fsp3) is 0.500. The molecule has 1 aromatic rings. The Morgan fingerprint density at radius 1 is 1.05 bits per heavy atom. The highest BCUT2D eigenvalue weighted by atomic mass is 79.9. The first-order valence-corrected chi connectivity index (χ1v) is 7.48. The first-order valence-electron chi connectivity index (χ1n) is 6.36. The van der Waals surface area contributed by atoms with Gasteiger partial charge in [-0.05, 0) is 43.9 Å². The first-order chi connectivity index (χ1) is 8.82. The summed E-state index contributed by atoms with van der Waals surface area (Å²) in [4.78, 5) is 0. The molecule has 19 heavy (non-hydrogen) atoms. The van der Waals surface area contributed by atoms with Gasteiger partial charge in [0.05, 0.1) is 23.0 Å². The number of rotatable bonds is 4. The molecule has 1 rings (SSSR count). The molecule has 0 saturated carbocycles. The van der Waals surface area contributed by atoms with Crippen LogP contribution in [-0.4, -0.2) is 0 Å². The summed E-state index contributed by atoms with van der Waals surface area (Å²) in [6, 6.07) is 10.8. The molecule has 0 radical (unpaired) electrons. The van der Waals surface area contributed by atoms with Gasteiger partial charge in [0, 0.05) is 5.33 Å². The Labute approximate surface area is 124 Å². The van der Waals surface area contributed by atoms with Crippen LogP contribution in [0.25, 0.3) is 0 Å². The van der Waals surface area contributed by atoms with Crippen molar-refractivity contribution in [3.63, 3.8) is 0 Å². The molecule has 0 aliphatic carbocycles. The lowest BCUT2D eigenvalue weighted by Gasteiger charge is -2.24. The van der Waals surface area contributed by atoms with E-state index in [9.17, 15) is 10.5 Å². The third-order valence-electron chi connectivity index (χ3n) is 3.74. The zero-order valence-corrected chi connectivity index (χ0v) is 13.5. The van der Waals surface area contributed by atoms with E-state index in [1.807, 2.05) is 39.8 Å². The number of alkyl halides is 1. The van der Waals surface area contributed by atoms with Crippen molar-refractivity contribution >= 4 is 15.9 Å². The van der Waals surface area contributed by atoms with E-state index in [1.165, 1.54) is 0 Å². The molecule has 0 aliphatic rings. The Morgan fingerprint density at radius 2 is 1.63 bits per heavy atom. The minimum absolute atomic E-state index is 0.502. The van der Waals surface area contributed by atoms with Crippen molar-refractivity contribution < 1.29 is 0 Å². The summed E-state index contributed by atoms with van der Waals surface area (Å²) in [7, 11) is 0. The van der Waals surface area contributed by atoms with Crippen molar-refractivity contribution in [1.82, 2.24) is 0 Å². The summed E-state index contributed by atoms with van der Waals surface area (Å²) in [5.74, 6) is 0. The van der Waals surface area contributed by atoms with Crippen molar-refractivity contribution in [3.8, 4) is 12.1 Å². The van der Waals surface area contributed by atoms with Crippen molar-refractivity contribution in [3.05, 3.63) is 34.9 Å². The van der Waals surface area contributed by atoms with E-state index in [4.69, 9.17) is 0 Å². The summed E-state index contributed by atoms with van der Waals surface area (Å²) < 4.78 is 0. The molecular formula is C16H19BrN2. The highest BCUT2D eigenvalue weighted by molar-refractivity contribution is 9.08. The molecule has 0 bridgehead atoms. The molecule has 0 fully saturated rings. The third-order valence-corrected chi connectivity index (χ3v) is 4.39. The van der Waals surface area contributed by atoms with Gasteiger partial charge in [0.15, 0.2) is 0 Å². The maximum atomic E-state index is 9.43. The average molecular weight is 319 g/mol. The van der Waals surface area contributed by atoms with E-state index in [0.717, 1.165) is 28.4 Å². The van der Waals surface area contributed by atoms with Crippen molar-refractivity contribution in [1.29, 1.82) is 10.5 Å². The van der Waals surface area contributed by atoms with Crippen LogP contribution in [0, 0.1) is 22.7 Å². The third kappa shape index (κ3) is 3.17. The van der Waals surface area contributed by atoms with Crippen LogP contribution in [0.2, 0.25) is 0 Å². The van der Waals surface area contributed by atoms with Crippen molar-refractivity contribution in [2.24, 2.45) is 0 Å². The molecule has 0 aliphatic heterocycles. The molecule has 2 nitrogen and oxygen atoms in total. The summed E-state index contributed by atoms with van der Waals surface area (Å²) in [6.07, 6.45) is 0.752. The predicted molar refractivity (Wildman–Crippen MR) is 81.0 cm³/mol. The average Bonchev–Trinajstić information content (AvgIpc) is 2.45. The molecule has 1 aromatic carbocycles. The molecule has 100 valence electrons. The maximum Gasteiger partial charge on any atom is 0.0792 e. The van der Waals surface area contributed by atoms with Crippen LogP contribution in [-0.2, 0) is 16.2 Å². The number of nitrogens with zero attached hydrogens (tertiary/aromatic N) is 2. The largest absolute Gasteiger partial charge is 0.197 e. The van der Waals surface area contributed by atoms with Gasteiger partial charge in [-0.1, -0.05) is 41.1 Å². The van der Waals surface area contributed by atoms with E-state index in [-0.39, 0.29) is 0 Å². The fourth-order valence-electron chi connectivity index (χ4n) is 1.86. The second kappa shape index (κ2) is 5.76. The van der Waals surface area contributed by atoms with E-state index in [0.29, 0.717) is 0 Å².